The number of amides is 1. The fraction of sp³-hybridized carbons (Fsp3) is 0.636. The first kappa shape index (κ1) is 13.5. The minimum absolute atomic E-state index is 0.0269. The summed E-state index contributed by atoms with van der Waals surface area (Å²) in [5, 5.41) is 16.0. The Bertz CT molecular complexity index is 467. The number of aromatic carboxylic acids is 1. The molecule has 0 aromatic carbocycles. The van der Waals surface area contributed by atoms with Gasteiger partial charge in [-0.3, -0.25) is 4.79 Å². The molecule has 1 aromatic heterocycles. The third-order valence-electron chi connectivity index (χ3n) is 3.16. The molecule has 0 bridgehead atoms. The SMILES string of the molecule is NCCCCC(=O)N1CC(n2cc(C(=O)O)nn2)C1. The van der Waals surface area contributed by atoms with E-state index in [1.165, 1.54) is 10.9 Å². The Labute approximate surface area is 110 Å². The van der Waals surface area contributed by atoms with E-state index in [0.29, 0.717) is 26.1 Å². The molecule has 0 radical (unpaired) electrons. The van der Waals surface area contributed by atoms with Crippen molar-refractivity contribution in [3.05, 3.63) is 11.9 Å². The van der Waals surface area contributed by atoms with Crippen LogP contribution in [0.25, 0.3) is 0 Å². The van der Waals surface area contributed by atoms with E-state index in [-0.39, 0.29) is 17.6 Å². The molecular formula is C11H17N5O3. The van der Waals surface area contributed by atoms with Crippen LogP contribution in [0.15, 0.2) is 6.20 Å². The Morgan fingerprint density at radius 1 is 1.42 bits per heavy atom. The van der Waals surface area contributed by atoms with Crippen LogP contribution < -0.4 is 5.73 Å². The van der Waals surface area contributed by atoms with Gasteiger partial charge in [-0.15, -0.1) is 5.10 Å². The molecule has 104 valence electrons. The highest BCUT2D eigenvalue weighted by Crippen LogP contribution is 2.21. The van der Waals surface area contributed by atoms with E-state index < -0.39 is 5.97 Å². The molecule has 0 saturated carbocycles. The predicted molar refractivity (Wildman–Crippen MR) is 65.5 cm³/mol. The number of carboxylic acids is 1. The third kappa shape index (κ3) is 3.08. The molecule has 0 atom stereocenters. The van der Waals surface area contributed by atoms with E-state index in [1.807, 2.05) is 0 Å². The second kappa shape index (κ2) is 5.79. The third-order valence-corrected chi connectivity index (χ3v) is 3.16. The Balaban J connectivity index is 1.78. The number of unbranched alkanes of at least 4 members (excludes halogenated alkanes) is 1. The van der Waals surface area contributed by atoms with Crippen molar-refractivity contribution in [3.8, 4) is 0 Å². The average Bonchev–Trinajstić information content (AvgIpc) is 2.77. The van der Waals surface area contributed by atoms with E-state index in [2.05, 4.69) is 10.3 Å². The minimum Gasteiger partial charge on any atom is -0.476 e. The fourth-order valence-corrected chi connectivity index (χ4v) is 1.96. The monoisotopic (exact) mass is 267 g/mol. The minimum atomic E-state index is -1.10. The molecule has 2 heterocycles. The van der Waals surface area contributed by atoms with Crippen LogP contribution in [0, 0.1) is 0 Å². The maximum atomic E-state index is 11.7. The van der Waals surface area contributed by atoms with Crippen LogP contribution in [0.2, 0.25) is 0 Å². The number of carbonyl (C=O) groups excluding carboxylic acids is 1. The number of hydrogen-bond donors (Lipinski definition) is 2. The average molecular weight is 267 g/mol. The summed E-state index contributed by atoms with van der Waals surface area (Å²) in [4.78, 5) is 24.1. The van der Waals surface area contributed by atoms with Crippen molar-refractivity contribution in [1.29, 1.82) is 0 Å². The summed E-state index contributed by atoms with van der Waals surface area (Å²) < 4.78 is 1.51. The summed E-state index contributed by atoms with van der Waals surface area (Å²) in [6.45, 7) is 1.72. The van der Waals surface area contributed by atoms with Gasteiger partial charge in [0.05, 0.1) is 12.2 Å². The van der Waals surface area contributed by atoms with Gasteiger partial charge in [0, 0.05) is 19.5 Å². The number of carboxylic acid groups (broad SMARTS) is 1. The molecule has 1 aromatic rings. The van der Waals surface area contributed by atoms with Crippen LogP contribution in [0.4, 0.5) is 0 Å². The Morgan fingerprint density at radius 3 is 2.74 bits per heavy atom. The van der Waals surface area contributed by atoms with Gasteiger partial charge in [-0.05, 0) is 19.4 Å². The summed E-state index contributed by atoms with van der Waals surface area (Å²) >= 11 is 0. The van der Waals surface area contributed by atoms with Crippen molar-refractivity contribution in [2.24, 2.45) is 5.73 Å². The van der Waals surface area contributed by atoms with Crippen molar-refractivity contribution in [2.75, 3.05) is 19.6 Å². The summed E-state index contributed by atoms with van der Waals surface area (Å²) in [6.07, 6.45) is 3.57. The van der Waals surface area contributed by atoms with Gasteiger partial charge in [0.25, 0.3) is 0 Å². The number of likely N-dealkylation sites (tertiary alicyclic amines) is 1. The van der Waals surface area contributed by atoms with Crippen molar-refractivity contribution in [3.63, 3.8) is 0 Å². The van der Waals surface area contributed by atoms with Gasteiger partial charge < -0.3 is 15.7 Å². The van der Waals surface area contributed by atoms with Crippen molar-refractivity contribution < 1.29 is 14.7 Å². The number of hydrogen-bond acceptors (Lipinski definition) is 5. The molecule has 3 N–H and O–H groups in total. The Morgan fingerprint density at radius 2 is 2.16 bits per heavy atom. The van der Waals surface area contributed by atoms with E-state index >= 15 is 0 Å². The van der Waals surface area contributed by atoms with E-state index in [0.717, 1.165) is 12.8 Å². The van der Waals surface area contributed by atoms with Crippen LogP contribution in [0.3, 0.4) is 0 Å². The molecule has 1 aliphatic rings. The lowest BCUT2D eigenvalue weighted by Gasteiger charge is -2.38. The smallest absolute Gasteiger partial charge is 0.358 e. The highest BCUT2D eigenvalue weighted by atomic mass is 16.4. The van der Waals surface area contributed by atoms with Gasteiger partial charge in [-0.25, -0.2) is 9.48 Å². The first-order valence-corrected chi connectivity index (χ1v) is 6.24. The first-order chi connectivity index (χ1) is 9.11. The lowest BCUT2D eigenvalue weighted by Crippen LogP contribution is -2.50. The Hall–Kier alpha value is -1.96. The van der Waals surface area contributed by atoms with Gasteiger partial charge in [-0.1, -0.05) is 5.21 Å². The molecule has 0 spiro atoms. The molecular weight excluding hydrogens is 250 g/mol. The molecule has 1 saturated heterocycles. The predicted octanol–water partition coefficient (Wildman–Crippen LogP) is -0.511. The maximum absolute atomic E-state index is 11.7. The first-order valence-electron chi connectivity index (χ1n) is 6.24. The largest absolute Gasteiger partial charge is 0.476 e. The summed E-state index contributed by atoms with van der Waals surface area (Å²) in [5.74, 6) is -0.983. The van der Waals surface area contributed by atoms with Gasteiger partial charge in [0.15, 0.2) is 5.69 Å². The highest BCUT2D eigenvalue weighted by molar-refractivity contribution is 5.84. The number of carbonyl (C=O) groups is 2. The number of aromatic nitrogens is 3. The molecule has 2 rings (SSSR count). The second-order valence-corrected chi connectivity index (χ2v) is 4.59. The normalized spacial score (nSPS) is 15.3. The van der Waals surface area contributed by atoms with E-state index in [1.54, 1.807) is 4.90 Å². The standard InChI is InChI=1S/C11H17N5O3/c12-4-2-1-3-10(17)15-5-8(6-15)16-7-9(11(18)19)13-14-16/h7-8H,1-6,12H2,(H,18,19). The number of nitrogens with two attached hydrogens (primary N) is 1. The number of nitrogens with zero attached hydrogens (tertiary/aromatic N) is 4. The van der Waals surface area contributed by atoms with Crippen LogP contribution in [0.1, 0.15) is 35.8 Å². The topological polar surface area (TPSA) is 114 Å². The Kier molecular flexibility index (Phi) is 4.10. The molecule has 8 nitrogen and oxygen atoms in total. The van der Waals surface area contributed by atoms with Crippen molar-refractivity contribution in [2.45, 2.75) is 25.3 Å². The molecule has 19 heavy (non-hydrogen) atoms. The fourth-order valence-electron chi connectivity index (χ4n) is 1.96. The lowest BCUT2D eigenvalue weighted by atomic mass is 10.1. The molecule has 1 fully saturated rings. The van der Waals surface area contributed by atoms with E-state index in [4.69, 9.17) is 10.8 Å². The number of rotatable bonds is 6. The highest BCUT2D eigenvalue weighted by Gasteiger charge is 2.32. The van der Waals surface area contributed by atoms with Gasteiger partial charge in [0.2, 0.25) is 5.91 Å². The van der Waals surface area contributed by atoms with Crippen molar-refractivity contribution >= 4 is 11.9 Å². The van der Waals surface area contributed by atoms with E-state index in [9.17, 15) is 9.59 Å². The van der Waals surface area contributed by atoms with Crippen LogP contribution in [0.5, 0.6) is 0 Å². The lowest BCUT2D eigenvalue weighted by molar-refractivity contribution is -0.137. The molecule has 1 amide bonds. The van der Waals surface area contributed by atoms with Gasteiger partial charge >= 0.3 is 5.97 Å². The quantitative estimate of drug-likeness (QED) is 0.671. The zero-order valence-electron chi connectivity index (χ0n) is 10.5. The summed E-state index contributed by atoms with van der Waals surface area (Å²) in [7, 11) is 0. The van der Waals surface area contributed by atoms with Crippen LogP contribution in [-0.2, 0) is 4.79 Å². The second-order valence-electron chi connectivity index (χ2n) is 4.59. The maximum Gasteiger partial charge on any atom is 0.358 e. The van der Waals surface area contributed by atoms with Crippen molar-refractivity contribution in [1.82, 2.24) is 19.9 Å². The molecule has 0 aliphatic carbocycles. The van der Waals surface area contributed by atoms with Crippen LogP contribution >= 0.6 is 0 Å². The molecule has 1 aliphatic heterocycles. The summed E-state index contributed by atoms with van der Waals surface area (Å²) in [5.41, 5.74) is 5.29. The summed E-state index contributed by atoms with van der Waals surface area (Å²) in [6, 6.07) is 0.0269. The van der Waals surface area contributed by atoms with Crippen LogP contribution in [-0.4, -0.2) is 56.5 Å². The zero-order valence-corrected chi connectivity index (χ0v) is 10.5. The van der Waals surface area contributed by atoms with Gasteiger partial charge in [0.1, 0.15) is 0 Å². The zero-order chi connectivity index (χ0) is 13.8. The molecule has 8 heteroatoms. The van der Waals surface area contributed by atoms with Gasteiger partial charge in [-0.2, -0.15) is 0 Å². The molecule has 0 unspecified atom stereocenters.